The number of rotatable bonds is 6. The summed E-state index contributed by atoms with van der Waals surface area (Å²) >= 11 is 0. The highest BCUT2D eigenvalue weighted by molar-refractivity contribution is 5.25. The fourth-order valence-corrected chi connectivity index (χ4v) is 2.70. The molecule has 0 bridgehead atoms. The van der Waals surface area contributed by atoms with Crippen molar-refractivity contribution in [3.8, 4) is 0 Å². The Hall–Kier alpha value is -0.900. The van der Waals surface area contributed by atoms with Crippen LogP contribution in [0.2, 0.25) is 0 Å². The molecule has 0 saturated carbocycles. The molecule has 1 heterocycles. The topological polar surface area (TPSA) is 32.7 Å². The van der Waals surface area contributed by atoms with Gasteiger partial charge in [0.15, 0.2) is 0 Å². The van der Waals surface area contributed by atoms with Crippen LogP contribution in [-0.2, 0) is 4.74 Å². The van der Waals surface area contributed by atoms with Gasteiger partial charge in [0.1, 0.15) is 0 Å². The number of ether oxygens (including phenoxy) is 1. The van der Waals surface area contributed by atoms with Crippen LogP contribution in [0.4, 0.5) is 0 Å². The number of aryl methyl sites for hydroxylation is 1. The smallest absolute Gasteiger partial charge is 0.0698 e. The zero-order valence-corrected chi connectivity index (χ0v) is 11.1. The van der Waals surface area contributed by atoms with Gasteiger partial charge >= 0.3 is 0 Å². The summed E-state index contributed by atoms with van der Waals surface area (Å²) < 4.78 is 5.36. The van der Waals surface area contributed by atoms with E-state index < -0.39 is 0 Å². The zero-order valence-electron chi connectivity index (χ0n) is 11.1. The molecule has 1 aromatic rings. The lowest BCUT2D eigenvalue weighted by Crippen LogP contribution is -2.27. The standard InChI is InChI=1S/C15H23NO2/c1-13-4-2-5-14(12-13)15-6-3-7-16(15)8-10-18-11-9-17/h2,4-5,12,15,17H,3,6-11H2,1H3/t15-/m1/s1. The molecule has 0 radical (unpaired) electrons. The first-order valence-electron chi connectivity index (χ1n) is 6.80. The van der Waals surface area contributed by atoms with Gasteiger partial charge in [0.2, 0.25) is 0 Å². The van der Waals surface area contributed by atoms with Crippen molar-refractivity contribution in [1.82, 2.24) is 4.90 Å². The molecule has 1 aliphatic heterocycles. The lowest BCUT2D eigenvalue weighted by Gasteiger charge is -2.25. The fraction of sp³-hybridized carbons (Fsp3) is 0.600. The van der Waals surface area contributed by atoms with Gasteiger partial charge in [-0.1, -0.05) is 29.8 Å². The molecule has 18 heavy (non-hydrogen) atoms. The van der Waals surface area contributed by atoms with Crippen LogP contribution in [0.25, 0.3) is 0 Å². The summed E-state index contributed by atoms with van der Waals surface area (Å²) in [6, 6.07) is 9.35. The summed E-state index contributed by atoms with van der Waals surface area (Å²) in [6.45, 7) is 5.53. The number of benzene rings is 1. The van der Waals surface area contributed by atoms with E-state index in [4.69, 9.17) is 9.84 Å². The van der Waals surface area contributed by atoms with Crippen molar-refractivity contribution in [2.75, 3.05) is 32.9 Å². The second kappa shape index (κ2) is 6.88. The van der Waals surface area contributed by atoms with Gasteiger partial charge in [-0.05, 0) is 31.9 Å². The maximum Gasteiger partial charge on any atom is 0.0698 e. The molecule has 1 fully saturated rings. The predicted molar refractivity (Wildman–Crippen MR) is 72.6 cm³/mol. The first-order valence-corrected chi connectivity index (χ1v) is 6.80. The van der Waals surface area contributed by atoms with Gasteiger partial charge < -0.3 is 9.84 Å². The van der Waals surface area contributed by atoms with Crippen LogP contribution >= 0.6 is 0 Å². The predicted octanol–water partition coefficient (Wildman–Crippen LogP) is 2.14. The normalized spacial score (nSPS) is 20.4. The number of hydrogen-bond acceptors (Lipinski definition) is 3. The first kappa shape index (κ1) is 13.5. The van der Waals surface area contributed by atoms with E-state index >= 15 is 0 Å². The maximum atomic E-state index is 8.68. The Balaban J connectivity index is 1.91. The molecule has 0 aromatic heterocycles. The van der Waals surface area contributed by atoms with E-state index in [0.717, 1.165) is 13.1 Å². The van der Waals surface area contributed by atoms with Crippen LogP contribution in [0.5, 0.6) is 0 Å². The number of hydrogen-bond donors (Lipinski definition) is 1. The van der Waals surface area contributed by atoms with Gasteiger partial charge in [0.25, 0.3) is 0 Å². The van der Waals surface area contributed by atoms with Crippen LogP contribution in [0.3, 0.4) is 0 Å². The second-order valence-corrected chi connectivity index (χ2v) is 4.94. The molecule has 1 saturated heterocycles. The largest absolute Gasteiger partial charge is 0.394 e. The van der Waals surface area contributed by atoms with Crippen LogP contribution in [-0.4, -0.2) is 42.9 Å². The second-order valence-electron chi connectivity index (χ2n) is 4.94. The Bertz CT molecular complexity index is 367. The monoisotopic (exact) mass is 249 g/mol. The average Bonchev–Trinajstić information content (AvgIpc) is 2.83. The molecule has 1 N–H and O–H groups in total. The molecule has 0 aliphatic carbocycles. The van der Waals surface area contributed by atoms with Crippen LogP contribution in [0.15, 0.2) is 24.3 Å². The van der Waals surface area contributed by atoms with E-state index in [2.05, 4.69) is 36.1 Å². The molecule has 100 valence electrons. The van der Waals surface area contributed by atoms with E-state index in [-0.39, 0.29) is 6.61 Å². The van der Waals surface area contributed by atoms with Gasteiger partial charge in [-0.15, -0.1) is 0 Å². The highest BCUT2D eigenvalue weighted by atomic mass is 16.5. The highest BCUT2D eigenvalue weighted by Crippen LogP contribution is 2.31. The molecule has 0 amide bonds. The minimum absolute atomic E-state index is 0.112. The van der Waals surface area contributed by atoms with Crippen molar-refractivity contribution in [3.63, 3.8) is 0 Å². The van der Waals surface area contributed by atoms with Gasteiger partial charge in [-0.3, -0.25) is 4.90 Å². The third-order valence-corrected chi connectivity index (χ3v) is 3.55. The van der Waals surface area contributed by atoms with Gasteiger partial charge in [-0.2, -0.15) is 0 Å². The van der Waals surface area contributed by atoms with E-state index in [1.54, 1.807) is 0 Å². The minimum atomic E-state index is 0.112. The summed E-state index contributed by atoms with van der Waals surface area (Å²) in [6.07, 6.45) is 2.50. The maximum absolute atomic E-state index is 8.68. The van der Waals surface area contributed by atoms with E-state index in [1.165, 1.54) is 24.0 Å². The molecule has 2 rings (SSSR count). The Labute approximate surface area is 109 Å². The van der Waals surface area contributed by atoms with Crippen molar-refractivity contribution in [2.45, 2.75) is 25.8 Å². The van der Waals surface area contributed by atoms with E-state index in [9.17, 15) is 0 Å². The van der Waals surface area contributed by atoms with E-state index in [1.807, 2.05) is 0 Å². The molecule has 3 heteroatoms. The van der Waals surface area contributed by atoms with Crippen molar-refractivity contribution in [1.29, 1.82) is 0 Å². The Morgan fingerprint density at radius 1 is 1.39 bits per heavy atom. The lowest BCUT2D eigenvalue weighted by atomic mass is 10.0. The quantitative estimate of drug-likeness (QED) is 0.784. The minimum Gasteiger partial charge on any atom is -0.394 e. The van der Waals surface area contributed by atoms with Crippen LogP contribution in [0.1, 0.15) is 30.0 Å². The zero-order chi connectivity index (χ0) is 12.8. The molecule has 0 spiro atoms. The van der Waals surface area contributed by atoms with Crippen molar-refractivity contribution < 1.29 is 9.84 Å². The summed E-state index contributed by atoms with van der Waals surface area (Å²) in [5.41, 5.74) is 2.76. The lowest BCUT2D eigenvalue weighted by molar-refractivity contribution is 0.0709. The first-order chi connectivity index (χ1) is 8.81. The summed E-state index contributed by atoms with van der Waals surface area (Å²) in [7, 11) is 0. The SMILES string of the molecule is Cc1cccc([C@H]2CCCN2CCOCCO)c1. The summed E-state index contributed by atoms with van der Waals surface area (Å²) in [5, 5.41) is 8.68. The Morgan fingerprint density at radius 3 is 3.06 bits per heavy atom. The summed E-state index contributed by atoms with van der Waals surface area (Å²) in [5.74, 6) is 0. The van der Waals surface area contributed by atoms with Crippen molar-refractivity contribution in [2.24, 2.45) is 0 Å². The van der Waals surface area contributed by atoms with Gasteiger partial charge in [-0.25, -0.2) is 0 Å². The Morgan fingerprint density at radius 2 is 2.28 bits per heavy atom. The van der Waals surface area contributed by atoms with Crippen molar-refractivity contribution >= 4 is 0 Å². The van der Waals surface area contributed by atoms with Gasteiger partial charge in [0.05, 0.1) is 19.8 Å². The fourth-order valence-electron chi connectivity index (χ4n) is 2.70. The molecule has 0 unspecified atom stereocenters. The number of nitrogens with zero attached hydrogens (tertiary/aromatic N) is 1. The third kappa shape index (κ3) is 3.55. The number of likely N-dealkylation sites (tertiary alicyclic amines) is 1. The average molecular weight is 249 g/mol. The number of aliphatic hydroxyl groups excluding tert-OH is 1. The molecule has 1 atom stereocenters. The number of aliphatic hydroxyl groups is 1. The molecule has 3 nitrogen and oxygen atoms in total. The molecule has 1 aliphatic rings. The van der Waals surface area contributed by atoms with Crippen LogP contribution < -0.4 is 0 Å². The van der Waals surface area contributed by atoms with Gasteiger partial charge in [0, 0.05) is 12.6 Å². The third-order valence-electron chi connectivity index (χ3n) is 3.55. The molecule has 1 aromatic carbocycles. The molecular formula is C15H23NO2. The van der Waals surface area contributed by atoms with Crippen LogP contribution in [0, 0.1) is 6.92 Å². The summed E-state index contributed by atoms with van der Waals surface area (Å²) in [4.78, 5) is 2.49. The molecular weight excluding hydrogens is 226 g/mol. The van der Waals surface area contributed by atoms with Crippen molar-refractivity contribution in [3.05, 3.63) is 35.4 Å². The highest BCUT2D eigenvalue weighted by Gasteiger charge is 2.25. The Kier molecular flexibility index (Phi) is 5.17. The van der Waals surface area contributed by atoms with E-state index in [0.29, 0.717) is 19.3 Å².